The van der Waals surface area contributed by atoms with Crippen molar-refractivity contribution in [3.05, 3.63) is 11.9 Å². The molecule has 22 heavy (non-hydrogen) atoms. The highest BCUT2D eigenvalue weighted by atomic mass is 35.5. The smallest absolute Gasteiger partial charge is 0.273 e. The minimum Gasteiger partial charge on any atom is -0.349 e. The Morgan fingerprint density at radius 2 is 2.14 bits per heavy atom. The van der Waals surface area contributed by atoms with Crippen molar-refractivity contribution in [1.82, 2.24) is 30.5 Å². The van der Waals surface area contributed by atoms with Crippen molar-refractivity contribution in [2.24, 2.45) is 0 Å². The van der Waals surface area contributed by atoms with Gasteiger partial charge in [0.2, 0.25) is 0 Å². The number of aromatic nitrogens is 3. The Morgan fingerprint density at radius 1 is 1.45 bits per heavy atom. The van der Waals surface area contributed by atoms with Crippen LogP contribution in [-0.4, -0.2) is 65.6 Å². The van der Waals surface area contributed by atoms with Crippen LogP contribution in [-0.2, 0) is 0 Å². The van der Waals surface area contributed by atoms with Gasteiger partial charge in [0.05, 0.1) is 12.2 Å². The summed E-state index contributed by atoms with van der Waals surface area (Å²) in [5.74, 6) is -0.144. The van der Waals surface area contributed by atoms with E-state index < -0.39 is 0 Å². The number of nitrogens with one attached hydrogen (secondary N) is 2. The normalized spacial score (nSPS) is 15.0. The van der Waals surface area contributed by atoms with Crippen LogP contribution in [0.3, 0.4) is 0 Å². The first-order valence-electron chi connectivity index (χ1n) is 7.30. The van der Waals surface area contributed by atoms with Crippen LogP contribution >= 0.6 is 24.8 Å². The van der Waals surface area contributed by atoms with Crippen LogP contribution in [0.2, 0.25) is 0 Å². The average molecular weight is 353 g/mol. The van der Waals surface area contributed by atoms with Crippen LogP contribution in [0.15, 0.2) is 6.20 Å². The summed E-state index contributed by atoms with van der Waals surface area (Å²) in [7, 11) is 2.03. The average Bonchev–Trinajstić information content (AvgIpc) is 2.97. The van der Waals surface area contributed by atoms with Crippen molar-refractivity contribution >= 4 is 30.7 Å². The molecule has 2 N–H and O–H groups in total. The molecule has 0 aromatic carbocycles. The first kappa shape index (κ1) is 21.1. The molecule has 1 aliphatic rings. The maximum Gasteiger partial charge on any atom is 0.273 e. The quantitative estimate of drug-likeness (QED) is 0.789. The Kier molecular flexibility index (Phi) is 10.3. The van der Waals surface area contributed by atoms with Gasteiger partial charge in [-0.2, -0.15) is 0 Å². The Labute approximate surface area is 144 Å². The van der Waals surface area contributed by atoms with E-state index in [1.165, 1.54) is 0 Å². The van der Waals surface area contributed by atoms with Gasteiger partial charge in [0.25, 0.3) is 5.91 Å². The summed E-state index contributed by atoms with van der Waals surface area (Å²) in [5, 5.41) is 14.2. The van der Waals surface area contributed by atoms with Gasteiger partial charge in [0.15, 0.2) is 5.69 Å². The number of rotatable bonds is 6. The predicted octanol–water partition coefficient (Wildman–Crippen LogP) is 0.728. The van der Waals surface area contributed by atoms with Crippen molar-refractivity contribution in [2.75, 3.05) is 39.8 Å². The van der Waals surface area contributed by atoms with Gasteiger partial charge in [0.1, 0.15) is 0 Å². The number of hydrogen-bond acceptors (Lipinski definition) is 5. The molecule has 1 saturated heterocycles. The molecule has 0 saturated carbocycles. The fraction of sp³-hybridized carbons (Fsp3) is 0.769. The lowest BCUT2D eigenvalue weighted by Gasteiger charge is -2.22. The number of carbonyl (C=O) groups excluding carboxylic acids is 1. The number of nitrogens with zero attached hydrogens (tertiary/aromatic N) is 4. The molecule has 1 aromatic heterocycles. The topological polar surface area (TPSA) is 75.1 Å². The van der Waals surface area contributed by atoms with E-state index in [1.54, 1.807) is 6.20 Å². The Balaban J connectivity index is 0.00000220. The van der Waals surface area contributed by atoms with E-state index in [0.717, 1.165) is 39.0 Å². The van der Waals surface area contributed by atoms with Crippen LogP contribution in [0.5, 0.6) is 0 Å². The zero-order chi connectivity index (χ0) is 14.4. The molecular formula is C13H26Cl2N6O. The maximum absolute atomic E-state index is 12.0. The summed E-state index contributed by atoms with van der Waals surface area (Å²) in [4.78, 5) is 14.1. The summed E-state index contributed by atoms with van der Waals surface area (Å²) in [6, 6.07) is 0.358. The van der Waals surface area contributed by atoms with Crippen LogP contribution < -0.4 is 10.6 Å². The van der Waals surface area contributed by atoms with Crippen LogP contribution in [0, 0.1) is 0 Å². The number of carbonyl (C=O) groups is 1. The fourth-order valence-electron chi connectivity index (χ4n) is 2.24. The zero-order valence-electron chi connectivity index (χ0n) is 13.1. The fourth-order valence-corrected chi connectivity index (χ4v) is 2.24. The molecule has 1 aliphatic heterocycles. The molecule has 0 radical (unpaired) electrons. The lowest BCUT2D eigenvalue weighted by atomic mass is 10.1. The zero-order valence-corrected chi connectivity index (χ0v) is 14.8. The van der Waals surface area contributed by atoms with Crippen molar-refractivity contribution in [2.45, 2.75) is 25.8 Å². The standard InChI is InChI=1S/C13H24N6O.2ClH/c1-3-18(2)9-8-15-13(20)12-10-19(17-16-12)11-4-6-14-7-5-11;;/h10-11,14H,3-9H2,1-2H3,(H,15,20);2*1H. The third kappa shape index (κ3) is 6.08. The number of likely N-dealkylation sites (N-methyl/N-ethyl adjacent to an activating group) is 1. The molecule has 1 aromatic rings. The van der Waals surface area contributed by atoms with Crippen LogP contribution in [0.25, 0.3) is 0 Å². The Bertz CT molecular complexity index is 436. The molecule has 0 bridgehead atoms. The molecule has 1 amide bonds. The second-order valence-corrected chi connectivity index (χ2v) is 5.22. The van der Waals surface area contributed by atoms with Crippen LogP contribution in [0.4, 0.5) is 0 Å². The van der Waals surface area contributed by atoms with E-state index >= 15 is 0 Å². The first-order valence-corrected chi connectivity index (χ1v) is 7.30. The van der Waals surface area contributed by atoms with E-state index in [0.29, 0.717) is 18.3 Å². The molecule has 2 heterocycles. The molecule has 0 unspecified atom stereocenters. The van der Waals surface area contributed by atoms with Gasteiger partial charge in [-0.3, -0.25) is 4.79 Å². The molecule has 0 aliphatic carbocycles. The summed E-state index contributed by atoms with van der Waals surface area (Å²) >= 11 is 0. The minimum atomic E-state index is -0.144. The van der Waals surface area contributed by atoms with E-state index in [9.17, 15) is 4.79 Å². The van der Waals surface area contributed by atoms with Crippen molar-refractivity contribution in [3.63, 3.8) is 0 Å². The van der Waals surface area contributed by atoms with Gasteiger partial charge in [-0.05, 0) is 39.5 Å². The van der Waals surface area contributed by atoms with Crippen molar-refractivity contribution in [1.29, 1.82) is 0 Å². The molecule has 2 rings (SSSR count). The SMILES string of the molecule is CCN(C)CCNC(=O)c1cn(C2CCNCC2)nn1.Cl.Cl. The van der Waals surface area contributed by atoms with Gasteiger partial charge in [-0.15, -0.1) is 29.9 Å². The number of hydrogen-bond donors (Lipinski definition) is 2. The Morgan fingerprint density at radius 3 is 2.77 bits per heavy atom. The number of amides is 1. The van der Waals surface area contributed by atoms with Gasteiger partial charge in [-0.1, -0.05) is 12.1 Å². The monoisotopic (exact) mass is 352 g/mol. The third-order valence-corrected chi connectivity index (χ3v) is 3.74. The van der Waals surface area contributed by atoms with E-state index in [-0.39, 0.29) is 30.7 Å². The van der Waals surface area contributed by atoms with Gasteiger partial charge in [0, 0.05) is 13.1 Å². The largest absolute Gasteiger partial charge is 0.349 e. The second kappa shape index (κ2) is 10.8. The second-order valence-electron chi connectivity index (χ2n) is 5.22. The lowest BCUT2D eigenvalue weighted by Crippen LogP contribution is -2.33. The molecule has 7 nitrogen and oxygen atoms in total. The van der Waals surface area contributed by atoms with Gasteiger partial charge >= 0.3 is 0 Å². The summed E-state index contributed by atoms with van der Waals surface area (Å²) < 4.78 is 1.83. The summed E-state index contributed by atoms with van der Waals surface area (Å²) in [5.41, 5.74) is 0.405. The molecule has 9 heteroatoms. The van der Waals surface area contributed by atoms with E-state index in [2.05, 4.69) is 32.8 Å². The number of halogens is 2. The van der Waals surface area contributed by atoms with Crippen molar-refractivity contribution in [3.8, 4) is 0 Å². The van der Waals surface area contributed by atoms with Gasteiger partial charge < -0.3 is 15.5 Å². The minimum absolute atomic E-state index is 0. The third-order valence-electron chi connectivity index (χ3n) is 3.74. The van der Waals surface area contributed by atoms with Crippen molar-refractivity contribution < 1.29 is 4.79 Å². The highest BCUT2D eigenvalue weighted by molar-refractivity contribution is 5.91. The molecule has 0 atom stereocenters. The van der Waals surface area contributed by atoms with Gasteiger partial charge in [-0.25, -0.2) is 4.68 Å². The maximum atomic E-state index is 12.0. The predicted molar refractivity (Wildman–Crippen MR) is 91.2 cm³/mol. The molecular weight excluding hydrogens is 327 g/mol. The van der Waals surface area contributed by atoms with E-state index in [1.807, 2.05) is 11.7 Å². The number of piperidine rings is 1. The highest BCUT2D eigenvalue weighted by Gasteiger charge is 2.18. The Hall–Kier alpha value is -0.890. The first-order chi connectivity index (χ1) is 9.70. The molecule has 128 valence electrons. The molecule has 0 spiro atoms. The van der Waals surface area contributed by atoms with E-state index in [4.69, 9.17) is 0 Å². The molecule has 1 fully saturated rings. The summed E-state index contributed by atoms with van der Waals surface area (Å²) in [6.07, 6.45) is 3.83. The lowest BCUT2D eigenvalue weighted by molar-refractivity contribution is 0.0945. The van der Waals surface area contributed by atoms with Crippen LogP contribution in [0.1, 0.15) is 36.3 Å². The summed E-state index contributed by atoms with van der Waals surface area (Å²) in [6.45, 7) is 6.52. The highest BCUT2D eigenvalue weighted by Crippen LogP contribution is 2.16.